The molecule has 0 aliphatic carbocycles. The molecule has 1 N–H and O–H groups in total. The minimum absolute atomic E-state index is 0.569. The van der Waals surface area contributed by atoms with Gasteiger partial charge in [0.1, 0.15) is 0 Å². The highest BCUT2D eigenvalue weighted by Gasteiger charge is 2.21. The largest absolute Gasteiger partial charge is 0.380 e. The minimum Gasteiger partial charge on any atom is -0.380 e. The van der Waals surface area contributed by atoms with E-state index in [-0.39, 0.29) is 0 Å². The maximum Gasteiger partial charge on any atom is 0.0501 e. The van der Waals surface area contributed by atoms with Crippen LogP contribution in [0.15, 0.2) is 22.7 Å². The zero-order valence-corrected chi connectivity index (χ0v) is 11.6. The predicted octanol–water partition coefficient (Wildman–Crippen LogP) is 4.41. The van der Waals surface area contributed by atoms with Crippen molar-refractivity contribution >= 4 is 45.0 Å². The Hall–Kier alpha value is 0.140. The van der Waals surface area contributed by atoms with Gasteiger partial charge in [-0.3, -0.25) is 0 Å². The number of rotatable bonds is 2. The molecule has 1 aromatic carbocycles. The van der Waals surface area contributed by atoms with Gasteiger partial charge >= 0.3 is 0 Å². The Kier molecular flexibility index (Phi) is 3.86. The smallest absolute Gasteiger partial charge is 0.0501 e. The lowest BCUT2D eigenvalue weighted by Crippen LogP contribution is -2.19. The van der Waals surface area contributed by atoms with Gasteiger partial charge < -0.3 is 5.32 Å². The summed E-state index contributed by atoms with van der Waals surface area (Å²) in [4.78, 5) is 0. The predicted molar refractivity (Wildman–Crippen MR) is 73.1 cm³/mol. The number of nitrogens with one attached hydrogen (secondary N) is 1. The van der Waals surface area contributed by atoms with Gasteiger partial charge in [-0.15, -0.1) is 0 Å². The molecule has 1 saturated heterocycles. The molecule has 1 nitrogen and oxygen atoms in total. The number of hydrogen-bond donors (Lipinski definition) is 1. The van der Waals surface area contributed by atoms with Gasteiger partial charge in [0.25, 0.3) is 0 Å². The van der Waals surface area contributed by atoms with Crippen molar-refractivity contribution in [1.29, 1.82) is 0 Å². The average Bonchev–Trinajstić information content (AvgIpc) is 2.58. The topological polar surface area (TPSA) is 12.0 Å². The number of benzene rings is 1. The third-order valence-electron chi connectivity index (χ3n) is 2.49. The van der Waals surface area contributed by atoms with Crippen LogP contribution in [-0.2, 0) is 0 Å². The van der Waals surface area contributed by atoms with Crippen molar-refractivity contribution < 1.29 is 0 Å². The molecule has 0 bridgehead atoms. The molecule has 4 heteroatoms. The minimum atomic E-state index is 0.569. The van der Waals surface area contributed by atoms with Gasteiger partial charge in [0, 0.05) is 26.5 Å². The third-order valence-corrected chi connectivity index (χ3v) is 4.77. The summed E-state index contributed by atoms with van der Waals surface area (Å²) in [6.45, 7) is 2.28. The zero-order valence-electron chi connectivity index (χ0n) is 8.47. The number of halogens is 2. The van der Waals surface area contributed by atoms with Crippen molar-refractivity contribution in [2.75, 3.05) is 11.1 Å². The molecule has 0 amide bonds. The van der Waals surface area contributed by atoms with Gasteiger partial charge in [0.05, 0.1) is 5.69 Å². The summed E-state index contributed by atoms with van der Waals surface area (Å²) in [6, 6.07) is 6.41. The monoisotopic (exact) mass is 305 g/mol. The normalized spacial score (nSPS) is 25.5. The van der Waals surface area contributed by atoms with E-state index in [1.54, 1.807) is 0 Å². The second-order valence-electron chi connectivity index (χ2n) is 3.85. The zero-order chi connectivity index (χ0) is 10.8. The van der Waals surface area contributed by atoms with E-state index >= 15 is 0 Å². The molecule has 0 spiro atoms. The van der Waals surface area contributed by atoms with Gasteiger partial charge in [-0.25, -0.2) is 0 Å². The van der Waals surface area contributed by atoms with Crippen molar-refractivity contribution in [2.24, 2.45) is 0 Å². The molecular weight excluding hydrogens is 294 g/mol. The Bertz CT molecular complexity index is 358. The van der Waals surface area contributed by atoms with Crippen LogP contribution in [0.5, 0.6) is 0 Å². The van der Waals surface area contributed by atoms with Gasteiger partial charge in [0.2, 0.25) is 0 Å². The Balaban J connectivity index is 2.07. The molecule has 15 heavy (non-hydrogen) atoms. The molecule has 0 aromatic heterocycles. The molecule has 2 atom stereocenters. The van der Waals surface area contributed by atoms with Crippen LogP contribution >= 0.6 is 39.3 Å². The van der Waals surface area contributed by atoms with Gasteiger partial charge in [-0.1, -0.05) is 18.5 Å². The highest BCUT2D eigenvalue weighted by atomic mass is 79.9. The number of thioether (sulfide) groups is 1. The Morgan fingerprint density at radius 2 is 2.33 bits per heavy atom. The van der Waals surface area contributed by atoms with Crippen LogP contribution in [0.25, 0.3) is 0 Å². The maximum atomic E-state index is 5.96. The molecule has 1 fully saturated rings. The van der Waals surface area contributed by atoms with E-state index in [1.807, 2.05) is 30.0 Å². The molecule has 1 aliphatic heterocycles. The van der Waals surface area contributed by atoms with E-state index in [1.165, 1.54) is 12.2 Å². The fourth-order valence-corrected chi connectivity index (χ4v) is 3.43. The van der Waals surface area contributed by atoms with E-state index in [0.29, 0.717) is 6.04 Å². The first-order valence-corrected chi connectivity index (χ1v) is 7.20. The highest BCUT2D eigenvalue weighted by molar-refractivity contribution is 9.10. The average molecular weight is 307 g/mol. The van der Waals surface area contributed by atoms with Gasteiger partial charge in [-0.2, -0.15) is 11.8 Å². The van der Waals surface area contributed by atoms with E-state index < -0.39 is 0 Å². The maximum absolute atomic E-state index is 5.96. The summed E-state index contributed by atoms with van der Waals surface area (Å²) in [6.07, 6.45) is 1.23. The molecule has 1 aliphatic rings. The van der Waals surface area contributed by atoms with Crippen LogP contribution in [0, 0.1) is 0 Å². The van der Waals surface area contributed by atoms with E-state index in [0.717, 1.165) is 20.4 Å². The third kappa shape index (κ3) is 3.05. The van der Waals surface area contributed by atoms with Gasteiger partial charge in [0.15, 0.2) is 0 Å². The lowest BCUT2D eigenvalue weighted by molar-refractivity contribution is 0.746. The lowest BCUT2D eigenvalue weighted by atomic mass is 10.2. The molecule has 1 heterocycles. The second-order valence-corrected chi connectivity index (χ2v) is 6.61. The fourth-order valence-electron chi connectivity index (χ4n) is 1.75. The van der Waals surface area contributed by atoms with Crippen LogP contribution < -0.4 is 5.32 Å². The van der Waals surface area contributed by atoms with Crippen LogP contribution in [0.1, 0.15) is 13.3 Å². The standard InChI is InChI=1S/C11H13BrClNS/c1-7-4-9(6-15-7)14-11-5-8(13)2-3-10(11)12/h2-3,5,7,9,14H,4,6H2,1H3. The van der Waals surface area contributed by atoms with Gasteiger partial charge in [-0.05, 0) is 40.5 Å². The first kappa shape index (κ1) is 11.6. The number of hydrogen-bond acceptors (Lipinski definition) is 2. The van der Waals surface area contributed by atoms with Crippen molar-refractivity contribution in [1.82, 2.24) is 0 Å². The molecule has 1 aromatic rings. The van der Waals surface area contributed by atoms with Crippen molar-refractivity contribution in [2.45, 2.75) is 24.6 Å². The Morgan fingerprint density at radius 3 is 3.00 bits per heavy atom. The van der Waals surface area contributed by atoms with Crippen molar-refractivity contribution in [3.05, 3.63) is 27.7 Å². The Labute approximate surface area is 108 Å². The second kappa shape index (κ2) is 4.98. The van der Waals surface area contributed by atoms with Crippen molar-refractivity contribution in [3.63, 3.8) is 0 Å². The summed E-state index contributed by atoms with van der Waals surface area (Å²) in [7, 11) is 0. The van der Waals surface area contributed by atoms with Crippen LogP contribution in [-0.4, -0.2) is 17.0 Å². The van der Waals surface area contributed by atoms with E-state index in [9.17, 15) is 0 Å². The molecule has 2 rings (SSSR count). The van der Waals surface area contributed by atoms with E-state index in [4.69, 9.17) is 11.6 Å². The summed E-state index contributed by atoms with van der Waals surface area (Å²) >= 11 is 11.5. The SMILES string of the molecule is CC1CC(Nc2cc(Cl)ccc2Br)CS1. The number of anilines is 1. The fraction of sp³-hybridized carbons (Fsp3) is 0.455. The highest BCUT2D eigenvalue weighted by Crippen LogP contribution is 2.32. The summed E-state index contributed by atoms with van der Waals surface area (Å²) < 4.78 is 1.08. The van der Waals surface area contributed by atoms with Crippen LogP contribution in [0.2, 0.25) is 5.02 Å². The molecule has 2 unspecified atom stereocenters. The van der Waals surface area contributed by atoms with Crippen LogP contribution in [0.3, 0.4) is 0 Å². The van der Waals surface area contributed by atoms with Crippen LogP contribution in [0.4, 0.5) is 5.69 Å². The quantitative estimate of drug-likeness (QED) is 0.868. The lowest BCUT2D eigenvalue weighted by Gasteiger charge is -2.14. The summed E-state index contributed by atoms with van der Waals surface area (Å²) in [5.41, 5.74) is 1.10. The summed E-state index contributed by atoms with van der Waals surface area (Å²) in [5, 5.41) is 5.07. The first-order valence-electron chi connectivity index (χ1n) is 4.98. The van der Waals surface area contributed by atoms with Crippen molar-refractivity contribution in [3.8, 4) is 0 Å². The van der Waals surface area contributed by atoms with E-state index in [2.05, 4.69) is 28.2 Å². The molecular formula is C11H13BrClNS. The summed E-state index contributed by atoms with van der Waals surface area (Å²) in [5.74, 6) is 1.18. The Morgan fingerprint density at radius 1 is 1.53 bits per heavy atom. The molecule has 0 radical (unpaired) electrons. The molecule has 0 saturated carbocycles. The molecule has 82 valence electrons. The first-order chi connectivity index (χ1) is 7.15.